The molecular weight excluding hydrogens is 378 g/mol. The van der Waals surface area contributed by atoms with Gasteiger partial charge in [-0.15, -0.1) is 0 Å². The van der Waals surface area contributed by atoms with Gasteiger partial charge in [0, 0.05) is 12.1 Å². The molecule has 0 aromatic heterocycles. The third kappa shape index (κ3) is 4.20. The Kier molecular flexibility index (Phi) is 5.80. The van der Waals surface area contributed by atoms with Crippen molar-refractivity contribution < 1.29 is 19.4 Å². The van der Waals surface area contributed by atoms with Crippen LogP contribution in [0.25, 0.3) is 0 Å². The average Bonchev–Trinajstić information content (AvgIpc) is 2.78. The largest absolute Gasteiger partial charge is 0.489 e. The van der Waals surface area contributed by atoms with Crippen LogP contribution in [0.1, 0.15) is 30.0 Å². The minimum absolute atomic E-state index is 0.0200. The van der Waals surface area contributed by atoms with Gasteiger partial charge in [-0.25, -0.2) is 0 Å². The van der Waals surface area contributed by atoms with Crippen molar-refractivity contribution in [1.29, 1.82) is 0 Å². The molecule has 1 aliphatic rings. The van der Waals surface area contributed by atoms with Gasteiger partial charge in [0.2, 0.25) is 5.91 Å². The number of carboxylic acid groups (broad SMARTS) is 1. The molecule has 1 aliphatic heterocycles. The monoisotopic (exact) mass is 401 g/mol. The number of carbonyl (C=O) groups excluding carboxylic acids is 1. The van der Waals surface area contributed by atoms with Gasteiger partial charge in [-0.1, -0.05) is 60.7 Å². The first-order valence-corrected chi connectivity index (χ1v) is 10.00. The van der Waals surface area contributed by atoms with E-state index in [-0.39, 0.29) is 24.3 Å². The van der Waals surface area contributed by atoms with Crippen LogP contribution < -0.4 is 9.64 Å². The number of ether oxygens (including phenoxy) is 1. The quantitative estimate of drug-likeness (QED) is 0.549. The number of carboxylic acids is 1. The van der Waals surface area contributed by atoms with E-state index in [2.05, 4.69) is 0 Å². The smallest absolute Gasteiger partial charge is 0.303 e. The Morgan fingerprint density at radius 1 is 0.900 bits per heavy atom. The zero-order valence-electron chi connectivity index (χ0n) is 16.5. The third-order valence-electron chi connectivity index (χ3n) is 5.39. The van der Waals surface area contributed by atoms with Crippen molar-refractivity contribution >= 4 is 17.6 Å². The fraction of sp³-hybridized carbons (Fsp3) is 0.200. The van der Waals surface area contributed by atoms with Gasteiger partial charge < -0.3 is 14.7 Å². The maximum atomic E-state index is 12.8. The number of aliphatic carboxylic acids is 1. The van der Waals surface area contributed by atoms with Gasteiger partial charge in [0.1, 0.15) is 12.4 Å². The lowest BCUT2D eigenvalue weighted by molar-refractivity contribution is -0.138. The first kappa shape index (κ1) is 19.7. The number of rotatable bonds is 8. The van der Waals surface area contributed by atoms with Crippen LogP contribution >= 0.6 is 0 Å². The number of para-hydroxylation sites is 1. The van der Waals surface area contributed by atoms with Crippen molar-refractivity contribution in [3.8, 4) is 5.75 Å². The Labute approximate surface area is 175 Å². The molecule has 152 valence electrons. The molecule has 0 saturated carbocycles. The molecule has 5 heteroatoms. The summed E-state index contributed by atoms with van der Waals surface area (Å²) >= 11 is 0. The van der Waals surface area contributed by atoms with E-state index in [1.54, 1.807) is 4.90 Å². The van der Waals surface area contributed by atoms with Crippen LogP contribution in [0.15, 0.2) is 84.9 Å². The zero-order valence-corrected chi connectivity index (χ0v) is 16.5. The summed E-state index contributed by atoms with van der Waals surface area (Å²) in [6, 6.07) is 27.0. The highest BCUT2D eigenvalue weighted by atomic mass is 16.5. The Hall–Kier alpha value is -3.60. The minimum atomic E-state index is -0.885. The van der Waals surface area contributed by atoms with Gasteiger partial charge in [0.25, 0.3) is 0 Å². The van der Waals surface area contributed by atoms with Crippen LogP contribution in [0.4, 0.5) is 5.69 Å². The maximum absolute atomic E-state index is 12.8. The zero-order chi connectivity index (χ0) is 20.9. The SMILES string of the molecule is O=C(O)CCC1C(=O)N(c2ccccc2)C1c1ccc(OCc2ccccc2)cc1. The maximum Gasteiger partial charge on any atom is 0.303 e. The van der Waals surface area contributed by atoms with Gasteiger partial charge in [0.05, 0.1) is 12.0 Å². The topological polar surface area (TPSA) is 66.8 Å². The van der Waals surface area contributed by atoms with Crippen LogP contribution in [0.2, 0.25) is 0 Å². The first-order chi connectivity index (χ1) is 14.6. The van der Waals surface area contributed by atoms with E-state index < -0.39 is 5.97 Å². The molecule has 30 heavy (non-hydrogen) atoms. The van der Waals surface area contributed by atoms with Crippen LogP contribution in [0.5, 0.6) is 5.75 Å². The summed E-state index contributed by atoms with van der Waals surface area (Å²) in [7, 11) is 0. The molecule has 1 heterocycles. The number of hydrogen-bond donors (Lipinski definition) is 1. The van der Waals surface area contributed by atoms with Gasteiger partial charge in [-0.2, -0.15) is 0 Å². The van der Waals surface area contributed by atoms with Gasteiger partial charge in [0.15, 0.2) is 0 Å². The van der Waals surface area contributed by atoms with Gasteiger partial charge >= 0.3 is 5.97 Å². The summed E-state index contributed by atoms with van der Waals surface area (Å²) < 4.78 is 5.86. The molecule has 0 bridgehead atoms. The Morgan fingerprint density at radius 2 is 1.53 bits per heavy atom. The molecule has 0 aliphatic carbocycles. The van der Waals surface area contributed by atoms with Crippen LogP contribution in [0, 0.1) is 5.92 Å². The Morgan fingerprint density at radius 3 is 2.17 bits per heavy atom. The van der Waals surface area contributed by atoms with Crippen molar-refractivity contribution in [2.24, 2.45) is 5.92 Å². The number of nitrogens with zero attached hydrogens (tertiary/aromatic N) is 1. The third-order valence-corrected chi connectivity index (χ3v) is 5.39. The van der Waals surface area contributed by atoms with E-state index in [0.29, 0.717) is 13.0 Å². The second-order valence-corrected chi connectivity index (χ2v) is 7.37. The highest BCUT2D eigenvalue weighted by Gasteiger charge is 2.48. The van der Waals surface area contributed by atoms with E-state index in [1.807, 2.05) is 84.9 Å². The van der Waals surface area contributed by atoms with Crippen LogP contribution in [-0.4, -0.2) is 17.0 Å². The molecule has 3 aromatic rings. The van der Waals surface area contributed by atoms with Crippen LogP contribution in [-0.2, 0) is 16.2 Å². The molecule has 3 aromatic carbocycles. The summed E-state index contributed by atoms with van der Waals surface area (Å²) in [5, 5.41) is 9.06. The molecule has 1 saturated heterocycles. The molecule has 2 unspecified atom stereocenters. The Balaban J connectivity index is 1.52. The van der Waals surface area contributed by atoms with E-state index in [0.717, 1.165) is 22.6 Å². The van der Waals surface area contributed by atoms with Crippen molar-refractivity contribution in [2.45, 2.75) is 25.5 Å². The predicted octanol–water partition coefficient (Wildman–Crippen LogP) is 4.83. The van der Waals surface area contributed by atoms with Crippen molar-refractivity contribution in [1.82, 2.24) is 0 Å². The molecule has 1 N–H and O–H groups in total. The summed E-state index contributed by atoms with van der Waals surface area (Å²) in [4.78, 5) is 25.6. The number of hydrogen-bond acceptors (Lipinski definition) is 3. The molecule has 2 atom stereocenters. The minimum Gasteiger partial charge on any atom is -0.489 e. The van der Waals surface area contributed by atoms with E-state index in [9.17, 15) is 9.59 Å². The molecule has 4 rings (SSSR count). The average molecular weight is 401 g/mol. The summed E-state index contributed by atoms with van der Waals surface area (Å²) in [5.41, 5.74) is 2.89. The number of anilines is 1. The standard InChI is InChI=1S/C25H23NO4/c27-23(28)16-15-22-24(26(25(22)29)20-9-5-2-6-10-20)19-11-13-21(14-12-19)30-17-18-7-3-1-4-8-18/h1-14,22,24H,15-17H2,(H,27,28). The summed E-state index contributed by atoms with van der Waals surface area (Å²) in [6.07, 6.45) is 0.308. The number of amides is 1. The molecule has 0 spiro atoms. The molecule has 1 fully saturated rings. The lowest BCUT2D eigenvalue weighted by Gasteiger charge is -2.47. The second kappa shape index (κ2) is 8.82. The number of carbonyl (C=O) groups is 2. The normalized spacial score (nSPS) is 18.0. The lowest BCUT2D eigenvalue weighted by atomic mass is 9.79. The molecular formula is C25H23NO4. The van der Waals surface area contributed by atoms with E-state index in [1.165, 1.54) is 0 Å². The highest BCUT2D eigenvalue weighted by molar-refractivity contribution is 6.03. The number of β-lactam (4-membered cyclic amide) rings is 1. The van der Waals surface area contributed by atoms with Gasteiger partial charge in [-0.3, -0.25) is 9.59 Å². The molecule has 5 nitrogen and oxygen atoms in total. The van der Waals surface area contributed by atoms with E-state index in [4.69, 9.17) is 9.84 Å². The highest BCUT2D eigenvalue weighted by Crippen LogP contribution is 2.45. The molecule has 0 radical (unpaired) electrons. The van der Waals surface area contributed by atoms with E-state index >= 15 is 0 Å². The number of benzene rings is 3. The fourth-order valence-corrected chi connectivity index (χ4v) is 3.87. The summed E-state index contributed by atoms with van der Waals surface area (Å²) in [6.45, 7) is 0.486. The first-order valence-electron chi connectivity index (χ1n) is 10.00. The van der Waals surface area contributed by atoms with Crippen molar-refractivity contribution in [3.05, 3.63) is 96.1 Å². The second-order valence-electron chi connectivity index (χ2n) is 7.37. The predicted molar refractivity (Wildman–Crippen MR) is 114 cm³/mol. The van der Waals surface area contributed by atoms with Crippen molar-refractivity contribution in [3.63, 3.8) is 0 Å². The fourth-order valence-electron chi connectivity index (χ4n) is 3.87. The summed E-state index contributed by atoms with van der Waals surface area (Å²) in [5.74, 6) is -0.500. The van der Waals surface area contributed by atoms with Crippen LogP contribution in [0.3, 0.4) is 0 Å². The van der Waals surface area contributed by atoms with Crippen molar-refractivity contribution in [2.75, 3.05) is 4.90 Å². The Bertz CT molecular complexity index is 1000. The molecule has 1 amide bonds. The lowest BCUT2D eigenvalue weighted by Crippen LogP contribution is -2.55. The van der Waals surface area contributed by atoms with Gasteiger partial charge in [-0.05, 0) is 41.8 Å².